The van der Waals surface area contributed by atoms with E-state index in [2.05, 4.69) is 28.2 Å². The molecule has 0 spiro atoms. The Kier molecular flexibility index (Phi) is 12.2. The number of ketones is 1. The molecule has 7 nitrogen and oxygen atoms in total. The average molecular weight is 482 g/mol. The van der Waals surface area contributed by atoms with Gasteiger partial charge in [-0.05, 0) is 36.8 Å². The maximum atomic E-state index is 12.8. The summed E-state index contributed by atoms with van der Waals surface area (Å²) in [6, 6.07) is 18.0. The summed E-state index contributed by atoms with van der Waals surface area (Å²) >= 11 is 4.58. The van der Waals surface area contributed by atoms with Gasteiger partial charge in [-0.2, -0.15) is 0 Å². The summed E-state index contributed by atoms with van der Waals surface area (Å²) in [6.45, 7) is 0.679. The molecule has 0 saturated heterocycles. The molecule has 0 radical (unpaired) electrons. The Balaban J connectivity index is 1.88. The van der Waals surface area contributed by atoms with E-state index in [9.17, 15) is 19.2 Å². The molecule has 0 fully saturated rings. The molecule has 34 heavy (non-hydrogen) atoms. The van der Waals surface area contributed by atoms with Crippen LogP contribution in [-0.4, -0.2) is 48.0 Å². The zero-order valence-corrected chi connectivity index (χ0v) is 19.9. The van der Waals surface area contributed by atoms with E-state index in [1.165, 1.54) is 0 Å². The van der Waals surface area contributed by atoms with Crippen molar-refractivity contribution < 1.29 is 19.2 Å². The van der Waals surface area contributed by atoms with Gasteiger partial charge in [0.25, 0.3) is 11.8 Å². The molecule has 0 bridgehead atoms. The topological polar surface area (TPSA) is 104 Å². The number of carbonyl (C=O) groups is 4. The average Bonchev–Trinajstić information content (AvgIpc) is 2.86. The zero-order valence-electron chi connectivity index (χ0n) is 19.1. The van der Waals surface area contributed by atoms with E-state index in [0.717, 1.165) is 16.5 Å². The highest BCUT2D eigenvalue weighted by atomic mass is 32.1. The van der Waals surface area contributed by atoms with Crippen LogP contribution < -0.4 is 16.0 Å². The monoisotopic (exact) mass is 481 g/mol. The van der Waals surface area contributed by atoms with Gasteiger partial charge in [0, 0.05) is 31.3 Å². The highest BCUT2D eigenvalue weighted by Gasteiger charge is 2.27. The van der Waals surface area contributed by atoms with Gasteiger partial charge in [-0.3, -0.25) is 19.2 Å². The van der Waals surface area contributed by atoms with Crippen LogP contribution in [0.2, 0.25) is 0 Å². The number of unbranched alkanes of at least 4 members (excludes halogenated alkanes) is 1. The van der Waals surface area contributed by atoms with Gasteiger partial charge >= 0.3 is 0 Å². The number of Topliss-reactive ketones (excluding diaryl/α,β-unsaturated/α-hetero) is 1. The van der Waals surface area contributed by atoms with Crippen LogP contribution in [0.5, 0.6) is 0 Å². The van der Waals surface area contributed by atoms with Crippen molar-refractivity contribution in [2.75, 3.05) is 13.1 Å². The van der Waals surface area contributed by atoms with Gasteiger partial charge in [-0.15, -0.1) is 0 Å². The van der Waals surface area contributed by atoms with Crippen LogP contribution in [0.25, 0.3) is 0 Å². The maximum Gasteiger partial charge on any atom is 0.252 e. The Morgan fingerprint density at radius 1 is 0.735 bits per heavy atom. The molecule has 3 N–H and O–H groups in total. The zero-order chi connectivity index (χ0) is 24.6. The summed E-state index contributed by atoms with van der Waals surface area (Å²) in [4.78, 5) is 49.1. The Labute approximate surface area is 205 Å². The van der Waals surface area contributed by atoms with Gasteiger partial charge in [0.1, 0.15) is 0 Å². The van der Waals surface area contributed by atoms with E-state index < -0.39 is 23.8 Å². The summed E-state index contributed by atoms with van der Waals surface area (Å²) < 4.78 is 0. The minimum atomic E-state index is -1.33. The fourth-order valence-electron chi connectivity index (χ4n) is 3.28. The summed E-state index contributed by atoms with van der Waals surface area (Å²) in [5.41, 5.74) is 2.11. The minimum Gasteiger partial charge on any atom is -0.354 e. The molecular weight excluding hydrogens is 450 g/mol. The minimum absolute atomic E-state index is 0.107. The number of benzene rings is 2. The number of hydrogen-bond acceptors (Lipinski definition) is 5. The largest absolute Gasteiger partial charge is 0.354 e. The molecule has 180 valence electrons. The molecule has 2 aromatic carbocycles. The first-order valence-electron chi connectivity index (χ1n) is 11.4. The highest BCUT2D eigenvalue weighted by molar-refractivity contribution is 7.80. The standard InChI is InChI=1S/C26H31N3O4S/c30-22(19-34)13-7-8-14-23(31)29-24(25(32)27-17-15-20-9-3-1-4-10-20)26(33)28-18-16-21-11-5-2-6-12-21/h1-6,9-12,19,24H,7-8,13-18H2,(H,27,32)(H,28,33)(H,29,31). The third-order valence-electron chi connectivity index (χ3n) is 5.15. The Morgan fingerprint density at radius 2 is 1.21 bits per heavy atom. The molecule has 0 aromatic heterocycles. The third kappa shape index (κ3) is 10.5. The molecule has 0 aliphatic carbocycles. The molecule has 8 heteroatoms. The molecule has 0 aliphatic rings. The molecule has 0 aliphatic heterocycles. The maximum absolute atomic E-state index is 12.8. The number of carbonyl (C=O) groups excluding carboxylic acids is 4. The summed E-state index contributed by atoms with van der Waals surface area (Å²) in [5, 5.41) is 9.11. The summed E-state index contributed by atoms with van der Waals surface area (Å²) in [6.07, 6.45) is 2.57. The fraction of sp³-hybridized carbons (Fsp3) is 0.346. The van der Waals surface area contributed by atoms with Crippen LogP contribution in [0.15, 0.2) is 60.7 Å². The van der Waals surface area contributed by atoms with Crippen LogP contribution in [0.1, 0.15) is 36.8 Å². The Bertz CT molecular complexity index is 894. The number of amides is 3. The summed E-state index contributed by atoms with van der Waals surface area (Å²) in [7, 11) is 0. The first-order valence-corrected chi connectivity index (χ1v) is 11.9. The molecule has 0 unspecified atom stereocenters. The van der Waals surface area contributed by atoms with Crippen molar-refractivity contribution >= 4 is 41.1 Å². The molecule has 0 saturated carbocycles. The molecule has 0 heterocycles. The van der Waals surface area contributed by atoms with Crippen molar-refractivity contribution in [3.05, 3.63) is 71.8 Å². The van der Waals surface area contributed by atoms with Crippen LogP contribution in [0.4, 0.5) is 0 Å². The molecule has 2 rings (SSSR count). The van der Waals surface area contributed by atoms with E-state index in [0.29, 0.717) is 38.8 Å². The lowest BCUT2D eigenvalue weighted by molar-refractivity contribution is -0.136. The smallest absolute Gasteiger partial charge is 0.252 e. The van der Waals surface area contributed by atoms with Crippen molar-refractivity contribution in [3.8, 4) is 0 Å². The Morgan fingerprint density at radius 3 is 1.68 bits per heavy atom. The van der Waals surface area contributed by atoms with Crippen molar-refractivity contribution in [2.24, 2.45) is 0 Å². The van der Waals surface area contributed by atoms with Crippen molar-refractivity contribution in [2.45, 2.75) is 44.6 Å². The highest BCUT2D eigenvalue weighted by Crippen LogP contribution is 2.02. The van der Waals surface area contributed by atoms with Gasteiger partial charge in [-0.25, -0.2) is 0 Å². The van der Waals surface area contributed by atoms with E-state index >= 15 is 0 Å². The number of nitrogens with one attached hydrogen (secondary N) is 3. The van der Waals surface area contributed by atoms with E-state index in [4.69, 9.17) is 0 Å². The first kappa shape index (κ1) is 26.9. The molecular formula is C26H31N3O4S. The van der Waals surface area contributed by atoms with Crippen LogP contribution in [0, 0.1) is 0 Å². The predicted molar refractivity (Wildman–Crippen MR) is 135 cm³/mol. The quantitative estimate of drug-likeness (QED) is 0.206. The van der Waals surface area contributed by atoms with Crippen LogP contribution in [0.3, 0.4) is 0 Å². The first-order chi connectivity index (χ1) is 16.5. The van der Waals surface area contributed by atoms with Gasteiger partial charge in [0.15, 0.2) is 11.8 Å². The van der Waals surface area contributed by atoms with Crippen molar-refractivity contribution in [1.82, 2.24) is 16.0 Å². The van der Waals surface area contributed by atoms with Gasteiger partial charge in [0.05, 0.1) is 0 Å². The van der Waals surface area contributed by atoms with Gasteiger partial charge < -0.3 is 16.0 Å². The second-order valence-electron chi connectivity index (χ2n) is 7.85. The number of rotatable bonds is 15. The molecule has 0 atom stereocenters. The van der Waals surface area contributed by atoms with E-state index in [1.807, 2.05) is 60.7 Å². The SMILES string of the molecule is O=C(C=S)CCCCC(=O)NC(C(=O)NCCc1ccccc1)C(=O)NCCc1ccccc1. The predicted octanol–water partition coefficient (Wildman–Crippen LogP) is 2.32. The fourth-order valence-corrected chi connectivity index (χ4v) is 3.40. The normalized spacial score (nSPS) is 10.4. The summed E-state index contributed by atoms with van der Waals surface area (Å²) in [5.74, 6) is -1.69. The third-order valence-corrected chi connectivity index (χ3v) is 5.41. The lowest BCUT2D eigenvalue weighted by Gasteiger charge is -2.18. The van der Waals surface area contributed by atoms with Crippen molar-refractivity contribution in [3.63, 3.8) is 0 Å². The van der Waals surface area contributed by atoms with Crippen LogP contribution >= 0.6 is 12.2 Å². The Hall–Kier alpha value is -3.39. The van der Waals surface area contributed by atoms with E-state index in [-0.39, 0.29) is 18.6 Å². The van der Waals surface area contributed by atoms with Crippen LogP contribution in [-0.2, 0) is 32.0 Å². The molecule has 2 aromatic rings. The second kappa shape index (κ2) is 15.4. The second-order valence-corrected chi connectivity index (χ2v) is 8.08. The van der Waals surface area contributed by atoms with Gasteiger partial charge in [0.2, 0.25) is 5.91 Å². The lowest BCUT2D eigenvalue weighted by Crippen LogP contribution is -2.55. The number of thiocarbonyl (C=S) groups is 1. The van der Waals surface area contributed by atoms with Gasteiger partial charge in [-0.1, -0.05) is 72.9 Å². The lowest BCUT2D eigenvalue weighted by atomic mass is 10.1. The van der Waals surface area contributed by atoms with Crippen molar-refractivity contribution in [1.29, 1.82) is 0 Å². The van der Waals surface area contributed by atoms with E-state index in [1.54, 1.807) is 0 Å². The number of hydrogen-bond donors (Lipinski definition) is 3. The molecule has 3 amide bonds.